The van der Waals surface area contributed by atoms with Crippen molar-refractivity contribution in [1.82, 2.24) is 4.90 Å². The van der Waals surface area contributed by atoms with Crippen LogP contribution in [0.15, 0.2) is 48.5 Å². The molecule has 0 bridgehead atoms. The zero-order valence-corrected chi connectivity index (χ0v) is 17.1. The first kappa shape index (κ1) is 21.2. The number of benzene rings is 2. The van der Waals surface area contributed by atoms with Gasteiger partial charge in [0, 0.05) is 24.5 Å². The normalized spacial score (nSPS) is 13.3. The molecule has 2 aromatic rings. The second kappa shape index (κ2) is 9.78. The minimum absolute atomic E-state index is 0.0496. The van der Waals surface area contributed by atoms with E-state index < -0.39 is 5.97 Å². The van der Waals surface area contributed by atoms with Gasteiger partial charge in [-0.1, -0.05) is 0 Å². The van der Waals surface area contributed by atoms with Crippen LogP contribution in [0.1, 0.15) is 24.2 Å². The minimum atomic E-state index is -0.410. The van der Waals surface area contributed by atoms with Crippen LogP contribution in [0.3, 0.4) is 0 Å². The van der Waals surface area contributed by atoms with Gasteiger partial charge >= 0.3 is 12.0 Å². The van der Waals surface area contributed by atoms with Crippen molar-refractivity contribution in [2.75, 3.05) is 43.1 Å². The largest absolute Gasteiger partial charge is 0.494 e. The summed E-state index contributed by atoms with van der Waals surface area (Å²) in [7, 11) is 0. The monoisotopic (exact) mass is 411 g/mol. The quantitative estimate of drug-likeness (QED) is 0.674. The predicted octanol–water partition coefficient (Wildman–Crippen LogP) is 3.14. The van der Waals surface area contributed by atoms with Crippen LogP contribution in [0.2, 0.25) is 0 Å². The number of amides is 3. The summed E-state index contributed by atoms with van der Waals surface area (Å²) >= 11 is 0. The van der Waals surface area contributed by atoms with Gasteiger partial charge in [-0.25, -0.2) is 9.59 Å². The molecule has 30 heavy (non-hydrogen) atoms. The van der Waals surface area contributed by atoms with Gasteiger partial charge in [0.2, 0.25) is 5.91 Å². The van der Waals surface area contributed by atoms with E-state index in [-0.39, 0.29) is 18.5 Å². The molecule has 1 aliphatic heterocycles. The molecule has 1 fully saturated rings. The lowest BCUT2D eigenvalue weighted by Crippen LogP contribution is -2.37. The fraction of sp³-hybridized carbons (Fsp3) is 0.318. The van der Waals surface area contributed by atoms with Crippen LogP contribution in [0.25, 0.3) is 0 Å². The van der Waals surface area contributed by atoms with Crippen molar-refractivity contribution >= 4 is 29.3 Å². The zero-order valence-electron chi connectivity index (χ0n) is 17.1. The number of carbonyl (C=O) groups excluding carboxylic acids is 3. The Balaban J connectivity index is 1.54. The summed E-state index contributed by atoms with van der Waals surface area (Å²) in [5.41, 5.74) is 1.72. The third-order valence-corrected chi connectivity index (χ3v) is 4.57. The summed E-state index contributed by atoms with van der Waals surface area (Å²) in [6.45, 7) is 5.45. The van der Waals surface area contributed by atoms with E-state index in [1.807, 2.05) is 31.2 Å². The predicted molar refractivity (Wildman–Crippen MR) is 113 cm³/mol. The Morgan fingerprint density at radius 3 is 2.30 bits per heavy atom. The average Bonchev–Trinajstić information content (AvgIpc) is 3.09. The summed E-state index contributed by atoms with van der Waals surface area (Å²) in [6.07, 6.45) is 0. The van der Waals surface area contributed by atoms with Crippen molar-refractivity contribution < 1.29 is 23.9 Å². The lowest BCUT2D eigenvalue weighted by Gasteiger charge is -2.18. The van der Waals surface area contributed by atoms with Crippen LogP contribution in [-0.2, 0) is 9.53 Å². The van der Waals surface area contributed by atoms with Crippen LogP contribution in [0.5, 0.6) is 5.75 Å². The summed E-state index contributed by atoms with van der Waals surface area (Å²) < 4.78 is 10.4. The first-order valence-electron chi connectivity index (χ1n) is 9.88. The average molecular weight is 411 g/mol. The molecule has 3 rings (SSSR count). The smallest absolute Gasteiger partial charge is 0.338 e. The summed E-state index contributed by atoms with van der Waals surface area (Å²) in [5, 5.41) is 2.74. The fourth-order valence-electron chi connectivity index (χ4n) is 3.14. The number of ether oxygens (including phenoxy) is 2. The number of hydrogen-bond acceptors (Lipinski definition) is 5. The van der Waals surface area contributed by atoms with E-state index in [4.69, 9.17) is 9.47 Å². The van der Waals surface area contributed by atoms with Crippen molar-refractivity contribution in [2.45, 2.75) is 13.8 Å². The maximum atomic E-state index is 12.7. The Hall–Kier alpha value is -3.55. The summed E-state index contributed by atoms with van der Waals surface area (Å²) in [5.74, 6) is 0.0336. The van der Waals surface area contributed by atoms with Crippen molar-refractivity contribution in [3.05, 3.63) is 54.1 Å². The second-order valence-electron chi connectivity index (χ2n) is 6.63. The van der Waals surface area contributed by atoms with Gasteiger partial charge in [-0.3, -0.25) is 9.69 Å². The Bertz CT molecular complexity index is 896. The molecule has 0 aliphatic carbocycles. The number of carbonyl (C=O) groups is 3. The molecule has 0 radical (unpaired) electrons. The number of esters is 1. The number of nitrogens with one attached hydrogen (secondary N) is 1. The number of nitrogens with zero attached hydrogens (tertiary/aromatic N) is 2. The van der Waals surface area contributed by atoms with Gasteiger partial charge in [0.1, 0.15) is 12.3 Å². The maximum absolute atomic E-state index is 12.7. The second-order valence-corrected chi connectivity index (χ2v) is 6.63. The van der Waals surface area contributed by atoms with Crippen molar-refractivity contribution in [2.24, 2.45) is 0 Å². The Morgan fingerprint density at radius 1 is 0.967 bits per heavy atom. The van der Waals surface area contributed by atoms with Crippen LogP contribution < -0.4 is 15.0 Å². The van der Waals surface area contributed by atoms with Crippen LogP contribution >= 0.6 is 0 Å². The van der Waals surface area contributed by atoms with Crippen molar-refractivity contribution in [3.63, 3.8) is 0 Å². The number of anilines is 2. The highest BCUT2D eigenvalue weighted by atomic mass is 16.5. The molecule has 3 amide bonds. The molecule has 1 aliphatic rings. The van der Waals surface area contributed by atoms with E-state index in [0.29, 0.717) is 37.6 Å². The molecule has 0 atom stereocenters. The highest BCUT2D eigenvalue weighted by molar-refractivity contribution is 5.99. The molecule has 0 unspecified atom stereocenters. The lowest BCUT2D eigenvalue weighted by molar-refractivity contribution is -0.116. The SMILES string of the molecule is CCOC(=O)c1ccc(NC(=O)CN2CCN(c3ccc(OCC)cc3)C2=O)cc1. The molecule has 0 saturated carbocycles. The van der Waals surface area contributed by atoms with Gasteiger partial charge in [0.05, 0.1) is 18.8 Å². The number of rotatable bonds is 8. The zero-order chi connectivity index (χ0) is 21.5. The highest BCUT2D eigenvalue weighted by Crippen LogP contribution is 2.23. The Kier molecular flexibility index (Phi) is 6.90. The van der Waals surface area contributed by atoms with Crippen LogP contribution in [-0.4, -0.2) is 55.7 Å². The molecule has 0 aromatic heterocycles. The molecular formula is C22H25N3O5. The van der Waals surface area contributed by atoms with Gasteiger partial charge in [-0.2, -0.15) is 0 Å². The number of urea groups is 1. The third kappa shape index (κ3) is 5.08. The van der Waals surface area contributed by atoms with E-state index in [9.17, 15) is 14.4 Å². The summed E-state index contributed by atoms with van der Waals surface area (Å²) in [6, 6.07) is 13.5. The number of hydrogen-bond donors (Lipinski definition) is 1. The first-order chi connectivity index (χ1) is 14.5. The van der Waals surface area contributed by atoms with E-state index in [0.717, 1.165) is 11.4 Å². The van der Waals surface area contributed by atoms with Gasteiger partial charge in [-0.05, 0) is 62.4 Å². The van der Waals surface area contributed by atoms with Gasteiger partial charge in [0.25, 0.3) is 0 Å². The van der Waals surface area contributed by atoms with Crippen LogP contribution in [0, 0.1) is 0 Å². The molecule has 1 N–H and O–H groups in total. The Labute approximate surface area is 175 Å². The van der Waals surface area contributed by atoms with Gasteiger partial charge in [-0.15, -0.1) is 0 Å². The molecule has 0 spiro atoms. The minimum Gasteiger partial charge on any atom is -0.494 e. The van der Waals surface area contributed by atoms with E-state index >= 15 is 0 Å². The topological polar surface area (TPSA) is 88.2 Å². The van der Waals surface area contributed by atoms with Gasteiger partial charge in [0.15, 0.2) is 0 Å². The molecule has 1 saturated heterocycles. The third-order valence-electron chi connectivity index (χ3n) is 4.57. The van der Waals surface area contributed by atoms with Crippen molar-refractivity contribution in [1.29, 1.82) is 0 Å². The Morgan fingerprint density at radius 2 is 1.67 bits per heavy atom. The van der Waals surface area contributed by atoms with Gasteiger partial charge < -0.3 is 19.7 Å². The molecular weight excluding hydrogens is 386 g/mol. The fourth-order valence-corrected chi connectivity index (χ4v) is 3.14. The molecule has 158 valence electrons. The highest BCUT2D eigenvalue weighted by Gasteiger charge is 2.30. The molecule has 8 nitrogen and oxygen atoms in total. The maximum Gasteiger partial charge on any atom is 0.338 e. The van der Waals surface area contributed by atoms with E-state index in [2.05, 4.69) is 5.32 Å². The molecule has 1 heterocycles. The lowest BCUT2D eigenvalue weighted by atomic mass is 10.2. The first-order valence-corrected chi connectivity index (χ1v) is 9.88. The van der Waals surface area contributed by atoms with E-state index in [1.54, 1.807) is 36.1 Å². The standard InChI is InChI=1S/C22H25N3O5/c1-3-29-19-11-9-18(10-12-19)25-14-13-24(22(25)28)15-20(26)23-17-7-5-16(6-8-17)21(27)30-4-2/h5-12H,3-4,13-15H2,1-2H3,(H,23,26). The summed E-state index contributed by atoms with van der Waals surface area (Å²) in [4.78, 5) is 39.9. The molecule has 8 heteroatoms. The van der Waals surface area contributed by atoms with Crippen molar-refractivity contribution in [3.8, 4) is 5.75 Å². The van der Waals surface area contributed by atoms with Crippen LogP contribution in [0.4, 0.5) is 16.2 Å². The van der Waals surface area contributed by atoms with E-state index in [1.165, 1.54) is 4.90 Å². The molecule has 2 aromatic carbocycles.